The van der Waals surface area contributed by atoms with E-state index >= 15 is 0 Å². The highest BCUT2D eigenvalue weighted by molar-refractivity contribution is 9.11. The van der Waals surface area contributed by atoms with Crippen molar-refractivity contribution in [1.82, 2.24) is 15.1 Å². The van der Waals surface area contributed by atoms with Gasteiger partial charge in [0.2, 0.25) is 0 Å². The molecule has 0 aliphatic rings. The lowest BCUT2D eigenvalue weighted by Crippen LogP contribution is -2.09. The number of aromatic nitrogens is 2. The summed E-state index contributed by atoms with van der Waals surface area (Å²) in [5.74, 6) is -0.0575. The average molecular weight is 406 g/mol. The van der Waals surface area contributed by atoms with Crippen molar-refractivity contribution < 1.29 is 4.39 Å². The topological polar surface area (TPSA) is 91.8 Å². The zero-order valence-electron chi connectivity index (χ0n) is 12.8. The van der Waals surface area contributed by atoms with E-state index in [0.29, 0.717) is 22.4 Å². The third-order valence-electron chi connectivity index (χ3n) is 2.71. The summed E-state index contributed by atoms with van der Waals surface area (Å²) in [6.07, 6.45) is 5.96. The largest absolute Gasteiger partial charge is 0.402 e. The summed E-state index contributed by atoms with van der Waals surface area (Å²) in [5.41, 5.74) is 6.52. The van der Waals surface area contributed by atoms with Crippen molar-refractivity contribution in [1.29, 1.82) is 5.41 Å². The number of nitrogens with one attached hydrogen (secondary N) is 3. The van der Waals surface area contributed by atoms with Gasteiger partial charge in [0.1, 0.15) is 11.0 Å². The van der Waals surface area contributed by atoms with E-state index in [4.69, 9.17) is 22.7 Å². The Hall–Kier alpha value is -1.80. The molecule has 0 atom stereocenters. The van der Waals surface area contributed by atoms with Gasteiger partial charge >= 0.3 is 0 Å². The van der Waals surface area contributed by atoms with E-state index in [1.54, 1.807) is 24.1 Å². The number of halogens is 3. The number of nitrogens with two attached hydrogens (primary N) is 1. The van der Waals surface area contributed by atoms with Crippen LogP contribution in [0.2, 0.25) is 0 Å². The van der Waals surface area contributed by atoms with Crippen molar-refractivity contribution in [3.63, 3.8) is 0 Å². The summed E-state index contributed by atoms with van der Waals surface area (Å²) in [6.45, 7) is 2.68. The van der Waals surface area contributed by atoms with E-state index in [9.17, 15) is 4.39 Å². The lowest BCUT2D eigenvalue weighted by atomic mass is 10.1. The van der Waals surface area contributed by atoms with Crippen LogP contribution in [-0.4, -0.2) is 21.5 Å². The highest BCUT2D eigenvalue weighted by Gasteiger charge is 2.13. The van der Waals surface area contributed by atoms with Crippen LogP contribution in [0.4, 0.5) is 10.2 Å². The molecule has 0 amide bonds. The zero-order valence-corrected chi connectivity index (χ0v) is 15.2. The minimum atomic E-state index is -0.586. The molecule has 0 aliphatic carbocycles. The summed E-state index contributed by atoms with van der Waals surface area (Å²) in [6, 6.07) is 0. The smallest absolute Gasteiger partial charge is 0.156 e. The van der Waals surface area contributed by atoms with E-state index in [-0.39, 0.29) is 5.17 Å². The van der Waals surface area contributed by atoms with Crippen molar-refractivity contribution in [2.24, 2.45) is 12.8 Å². The Morgan fingerprint density at radius 2 is 2.30 bits per heavy atom. The maximum Gasteiger partial charge on any atom is 0.156 e. The first kappa shape index (κ1) is 19.2. The first-order valence-corrected chi connectivity index (χ1v) is 7.95. The lowest BCUT2D eigenvalue weighted by Gasteiger charge is -2.07. The van der Waals surface area contributed by atoms with E-state index in [2.05, 4.69) is 31.7 Å². The van der Waals surface area contributed by atoms with Crippen LogP contribution >= 0.6 is 27.5 Å². The SMILES string of the molecule is CCN/C=C(/Cc1cn(C)nc1N/C(Br)=C\C(F)=C/N)C(=N)Cl. The number of rotatable bonds is 8. The molecule has 0 aromatic carbocycles. The molecule has 126 valence electrons. The second kappa shape index (κ2) is 9.36. The van der Waals surface area contributed by atoms with Crippen LogP contribution in [0.1, 0.15) is 12.5 Å². The molecule has 6 nitrogen and oxygen atoms in total. The first-order valence-electron chi connectivity index (χ1n) is 6.78. The van der Waals surface area contributed by atoms with Gasteiger partial charge in [-0.1, -0.05) is 11.6 Å². The normalized spacial score (nSPS) is 13.2. The number of nitrogens with zero attached hydrogens (tertiary/aromatic N) is 2. The Morgan fingerprint density at radius 1 is 1.61 bits per heavy atom. The minimum absolute atomic E-state index is 0.0486. The van der Waals surface area contributed by atoms with E-state index < -0.39 is 5.83 Å². The molecular weight excluding hydrogens is 387 g/mol. The van der Waals surface area contributed by atoms with Crippen LogP contribution in [0, 0.1) is 5.41 Å². The fourth-order valence-electron chi connectivity index (χ4n) is 1.71. The Morgan fingerprint density at radius 3 is 2.87 bits per heavy atom. The van der Waals surface area contributed by atoms with Gasteiger partial charge in [-0.05, 0) is 22.9 Å². The average Bonchev–Trinajstić information content (AvgIpc) is 2.82. The third-order valence-corrected chi connectivity index (χ3v) is 3.38. The minimum Gasteiger partial charge on any atom is -0.402 e. The standard InChI is InChI=1S/C14H19BrClFN6/c1-3-20-7-9(13(16)19)4-10-8-23(2)22-14(10)21-12(15)5-11(17)6-18/h5-8,19-20H,3-4,18H2,1-2H3,(H,21,22)/b9-7-,11-6+,12-5-,19-13?. The van der Waals surface area contributed by atoms with Crippen molar-refractivity contribution in [2.75, 3.05) is 11.9 Å². The zero-order chi connectivity index (χ0) is 17.4. The summed E-state index contributed by atoms with van der Waals surface area (Å²) < 4.78 is 15.1. The molecule has 1 heterocycles. The maximum absolute atomic E-state index is 13.1. The molecule has 1 aromatic heterocycles. The van der Waals surface area contributed by atoms with Crippen LogP contribution in [0.5, 0.6) is 0 Å². The maximum atomic E-state index is 13.1. The fraction of sp³-hybridized carbons (Fsp3) is 0.286. The van der Waals surface area contributed by atoms with Gasteiger partial charge in [-0.25, -0.2) is 4.39 Å². The van der Waals surface area contributed by atoms with Gasteiger partial charge in [0.05, 0.1) is 4.61 Å². The molecule has 9 heteroatoms. The van der Waals surface area contributed by atoms with Gasteiger partial charge in [0, 0.05) is 55.8 Å². The first-order chi connectivity index (χ1) is 10.9. The van der Waals surface area contributed by atoms with Crippen LogP contribution in [0.3, 0.4) is 0 Å². The second-order valence-electron chi connectivity index (χ2n) is 4.56. The number of hydrogen-bond donors (Lipinski definition) is 4. The van der Waals surface area contributed by atoms with E-state index in [0.717, 1.165) is 18.3 Å². The number of allylic oxidation sites excluding steroid dienone is 3. The summed E-state index contributed by atoms with van der Waals surface area (Å²) >= 11 is 9.02. The predicted octanol–water partition coefficient (Wildman–Crippen LogP) is 3.09. The molecule has 0 bridgehead atoms. The predicted molar refractivity (Wildman–Crippen MR) is 96.3 cm³/mol. The Balaban J connectivity index is 3.01. The highest BCUT2D eigenvalue weighted by atomic mass is 79.9. The third kappa shape index (κ3) is 6.45. The van der Waals surface area contributed by atoms with Crippen molar-refractivity contribution >= 4 is 38.5 Å². The molecule has 5 N–H and O–H groups in total. The molecule has 0 aliphatic heterocycles. The van der Waals surface area contributed by atoms with Crippen LogP contribution in [0.25, 0.3) is 0 Å². The molecule has 0 spiro atoms. The van der Waals surface area contributed by atoms with Gasteiger partial charge in [-0.3, -0.25) is 10.1 Å². The highest BCUT2D eigenvalue weighted by Crippen LogP contribution is 2.22. The van der Waals surface area contributed by atoms with Gasteiger partial charge in [0.25, 0.3) is 0 Å². The molecular formula is C14H19BrClFN6. The van der Waals surface area contributed by atoms with Gasteiger partial charge in [-0.15, -0.1) is 0 Å². The monoisotopic (exact) mass is 404 g/mol. The number of hydrogen-bond acceptors (Lipinski definition) is 5. The molecule has 0 unspecified atom stereocenters. The quantitative estimate of drug-likeness (QED) is 0.304. The molecule has 0 radical (unpaired) electrons. The van der Waals surface area contributed by atoms with Crippen LogP contribution < -0.4 is 16.4 Å². The van der Waals surface area contributed by atoms with Crippen molar-refractivity contribution in [3.05, 3.63) is 46.2 Å². The lowest BCUT2D eigenvalue weighted by molar-refractivity contribution is 0.663. The van der Waals surface area contributed by atoms with Gasteiger partial charge < -0.3 is 16.4 Å². The Bertz CT molecular complexity index is 650. The van der Waals surface area contributed by atoms with Crippen LogP contribution in [0.15, 0.2) is 40.7 Å². The Kier molecular flexibility index (Phi) is 7.84. The summed E-state index contributed by atoms with van der Waals surface area (Å²) in [7, 11) is 1.77. The number of anilines is 1. The van der Waals surface area contributed by atoms with Crippen LogP contribution in [-0.2, 0) is 13.5 Å². The fourth-order valence-corrected chi connectivity index (χ4v) is 2.24. The molecule has 0 saturated heterocycles. The second-order valence-corrected chi connectivity index (χ2v) is 5.80. The van der Waals surface area contributed by atoms with Crippen molar-refractivity contribution in [2.45, 2.75) is 13.3 Å². The Labute approximate surface area is 147 Å². The van der Waals surface area contributed by atoms with E-state index in [1.807, 2.05) is 6.92 Å². The molecule has 1 aromatic rings. The van der Waals surface area contributed by atoms with E-state index in [1.165, 1.54) is 6.08 Å². The molecule has 0 fully saturated rings. The molecule has 0 saturated carbocycles. The van der Waals surface area contributed by atoms with Gasteiger partial charge in [0.15, 0.2) is 5.82 Å². The summed E-state index contributed by atoms with van der Waals surface area (Å²) in [5, 5.41) is 17.8. The number of aryl methyl sites for hydroxylation is 1. The summed E-state index contributed by atoms with van der Waals surface area (Å²) in [4.78, 5) is 0. The van der Waals surface area contributed by atoms with Gasteiger partial charge in [-0.2, -0.15) is 5.10 Å². The van der Waals surface area contributed by atoms with Crippen molar-refractivity contribution in [3.8, 4) is 0 Å². The molecule has 1 rings (SSSR count). The molecule has 23 heavy (non-hydrogen) atoms.